The molecule has 1 amide bonds. The summed E-state index contributed by atoms with van der Waals surface area (Å²) < 4.78 is 5.94. The predicted molar refractivity (Wildman–Crippen MR) is 122 cm³/mol. The number of piperidine rings is 1. The largest absolute Gasteiger partial charge is 0.465 e. The van der Waals surface area contributed by atoms with Crippen LogP contribution in [0.4, 0.5) is 5.69 Å². The van der Waals surface area contributed by atoms with Gasteiger partial charge >= 0.3 is 0 Å². The van der Waals surface area contributed by atoms with Crippen molar-refractivity contribution in [3.05, 3.63) is 53.7 Å². The highest BCUT2D eigenvalue weighted by atomic mass is 16.3. The maximum Gasteiger partial charge on any atom is 0.257 e. The number of likely N-dealkylation sites (tertiary alicyclic amines) is 1. The zero-order valence-electron chi connectivity index (χ0n) is 18.8. The van der Waals surface area contributed by atoms with Gasteiger partial charge in [-0.3, -0.25) is 14.8 Å². The number of hydrogen-bond acceptors (Lipinski definition) is 5. The first-order valence-electron chi connectivity index (χ1n) is 11.2. The van der Waals surface area contributed by atoms with Crippen LogP contribution in [0.25, 0.3) is 11.0 Å². The van der Waals surface area contributed by atoms with Gasteiger partial charge in [-0.1, -0.05) is 20.8 Å². The molecule has 1 aromatic carbocycles. The fourth-order valence-electron chi connectivity index (χ4n) is 5.01. The van der Waals surface area contributed by atoms with E-state index in [2.05, 4.69) is 47.8 Å². The van der Waals surface area contributed by atoms with E-state index in [4.69, 9.17) is 4.42 Å². The molecule has 1 atom stereocenters. The van der Waals surface area contributed by atoms with Gasteiger partial charge in [0.1, 0.15) is 11.5 Å². The van der Waals surface area contributed by atoms with Gasteiger partial charge in [0.05, 0.1) is 22.1 Å². The van der Waals surface area contributed by atoms with Gasteiger partial charge in [-0.05, 0) is 50.5 Å². The first-order valence-corrected chi connectivity index (χ1v) is 11.2. The van der Waals surface area contributed by atoms with Gasteiger partial charge in [0.2, 0.25) is 0 Å². The number of aromatic nitrogens is 2. The summed E-state index contributed by atoms with van der Waals surface area (Å²) in [7, 11) is 0. The molecule has 0 radical (unpaired) electrons. The van der Waals surface area contributed by atoms with Gasteiger partial charge < -0.3 is 14.2 Å². The third kappa shape index (κ3) is 3.38. The monoisotopic (exact) mass is 418 g/mol. The van der Waals surface area contributed by atoms with E-state index in [1.165, 1.54) is 5.69 Å². The molecule has 4 heterocycles. The first-order chi connectivity index (χ1) is 14.8. The normalized spacial score (nSPS) is 21.5. The van der Waals surface area contributed by atoms with Crippen molar-refractivity contribution in [2.45, 2.75) is 57.9 Å². The van der Waals surface area contributed by atoms with Crippen molar-refractivity contribution in [1.82, 2.24) is 14.9 Å². The lowest BCUT2D eigenvalue weighted by Gasteiger charge is -2.58. The number of fused-ring (bicyclic) bond motifs is 1. The molecule has 6 heteroatoms. The summed E-state index contributed by atoms with van der Waals surface area (Å²) in [6.07, 6.45) is 6.68. The molecule has 31 heavy (non-hydrogen) atoms. The van der Waals surface area contributed by atoms with Crippen molar-refractivity contribution >= 4 is 22.6 Å². The first kappa shape index (κ1) is 20.0. The van der Waals surface area contributed by atoms with Crippen molar-refractivity contribution in [1.29, 1.82) is 0 Å². The van der Waals surface area contributed by atoms with Gasteiger partial charge in [-0.15, -0.1) is 0 Å². The summed E-state index contributed by atoms with van der Waals surface area (Å²) in [6.45, 7) is 10.8. The highest BCUT2D eigenvalue weighted by Crippen LogP contribution is 2.43. The fraction of sp³-hybridized carbons (Fsp3) is 0.480. The lowest BCUT2D eigenvalue weighted by Crippen LogP contribution is -2.68. The Bertz CT molecular complexity index is 1150. The molecule has 2 aliphatic heterocycles. The molecule has 5 rings (SSSR count). The smallest absolute Gasteiger partial charge is 0.257 e. The number of furan rings is 1. The minimum atomic E-state index is -0.115. The Hall–Kier alpha value is -2.89. The van der Waals surface area contributed by atoms with Crippen LogP contribution < -0.4 is 4.90 Å². The van der Waals surface area contributed by atoms with E-state index < -0.39 is 0 Å². The van der Waals surface area contributed by atoms with E-state index >= 15 is 0 Å². The maximum atomic E-state index is 13.4. The average Bonchev–Trinajstić information content (AvgIpc) is 3.14. The Balaban J connectivity index is 1.39. The minimum absolute atomic E-state index is 0.00823. The quantitative estimate of drug-likeness (QED) is 0.603. The Morgan fingerprint density at radius 3 is 2.52 bits per heavy atom. The SMILES string of the molecule is Cc1oc(C(C)(C)C)cc1C(=O)N1CCC[C@@]2(CCN2c2ccc3nccnc3c2)C1. The second kappa shape index (κ2) is 7.08. The lowest BCUT2D eigenvalue weighted by molar-refractivity contribution is 0.0562. The van der Waals surface area contributed by atoms with Gasteiger partial charge in [0.15, 0.2) is 0 Å². The van der Waals surface area contributed by atoms with Crippen LogP contribution in [0.15, 0.2) is 41.1 Å². The van der Waals surface area contributed by atoms with E-state index in [-0.39, 0.29) is 16.9 Å². The molecule has 2 aliphatic rings. The van der Waals surface area contributed by atoms with Crippen molar-refractivity contribution in [2.24, 2.45) is 0 Å². The van der Waals surface area contributed by atoms with Gasteiger partial charge in [-0.25, -0.2) is 0 Å². The molecule has 2 fully saturated rings. The van der Waals surface area contributed by atoms with E-state index in [1.54, 1.807) is 12.4 Å². The Kier molecular flexibility index (Phi) is 4.57. The van der Waals surface area contributed by atoms with Crippen LogP contribution in [-0.4, -0.2) is 45.9 Å². The lowest BCUT2D eigenvalue weighted by atomic mass is 9.77. The number of aryl methyl sites for hydroxylation is 1. The third-order valence-electron chi connectivity index (χ3n) is 6.87. The summed E-state index contributed by atoms with van der Waals surface area (Å²) >= 11 is 0. The van der Waals surface area contributed by atoms with Crippen LogP contribution in [0.2, 0.25) is 0 Å². The van der Waals surface area contributed by atoms with E-state index in [0.29, 0.717) is 11.3 Å². The molecule has 3 aromatic rings. The number of hydrogen-bond donors (Lipinski definition) is 0. The summed E-state index contributed by atoms with van der Waals surface area (Å²) in [5, 5.41) is 0. The molecule has 0 N–H and O–H groups in total. The number of carbonyl (C=O) groups is 1. The van der Waals surface area contributed by atoms with Crippen LogP contribution in [0.5, 0.6) is 0 Å². The van der Waals surface area contributed by atoms with Crippen LogP contribution in [-0.2, 0) is 5.41 Å². The Labute approximate surface area is 183 Å². The van der Waals surface area contributed by atoms with Gasteiger partial charge in [0, 0.05) is 43.1 Å². The molecule has 162 valence electrons. The van der Waals surface area contributed by atoms with Crippen LogP contribution in [0.1, 0.15) is 61.9 Å². The fourth-order valence-corrected chi connectivity index (χ4v) is 5.01. The van der Waals surface area contributed by atoms with Crippen molar-refractivity contribution in [2.75, 3.05) is 24.5 Å². The minimum Gasteiger partial charge on any atom is -0.465 e. The zero-order chi connectivity index (χ0) is 21.8. The third-order valence-corrected chi connectivity index (χ3v) is 6.87. The molecule has 0 unspecified atom stereocenters. The summed E-state index contributed by atoms with van der Waals surface area (Å²) in [5.74, 6) is 1.67. The average molecular weight is 419 g/mol. The highest BCUT2D eigenvalue weighted by Gasteiger charge is 2.48. The molecular weight excluding hydrogens is 388 g/mol. The van der Waals surface area contributed by atoms with Crippen LogP contribution in [0, 0.1) is 6.92 Å². The molecule has 0 saturated carbocycles. The van der Waals surface area contributed by atoms with E-state index in [0.717, 1.165) is 55.7 Å². The summed E-state index contributed by atoms with van der Waals surface area (Å²) in [6, 6.07) is 8.24. The second-order valence-corrected chi connectivity index (χ2v) is 10.0. The van der Waals surface area contributed by atoms with Crippen molar-refractivity contribution in [3.63, 3.8) is 0 Å². The van der Waals surface area contributed by atoms with Crippen LogP contribution >= 0.6 is 0 Å². The predicted octanol–water partition coefficient (Wildman–Crippen LogP) is 4.71. The van der Waals surface area contributed by atoms with E-state index in [1.807, 2.05) is 24.0 Å². The number of anilines is 1. The molecule has 0 bridgehead atoms. The van der Waals surface area contributed by atoms with Crippen molar-refractivity contribution in [3.8, 4) is 0 Å². The Morgan fingerprint density at radius 1 is 1.06 bits per heavy atom. The number of amides is 1. The number of rotatable bonds is 2. The standard InChI is InChI=1S/C25H30N4O2/c1-17-19(15-22(31-17)24(2,3)4)23(30)28-12-5-8-25(16-28)9-13-29(25)18-6-7-20-21(14-18)27-11-10-26-20/h6-7,10-11,14-15H,5,8-9,12-13,16H2,1-4H3/t25-/m1/s1. The molecule has 2 aromatic heterocycles. The summed E-state index contributed by atoms with van der Waals surface area (Å²) in [4.78, 5) is 26.8. The molecule has 1 spiro atoms. The highest BCUT2D eigenvalue weighted by molar-refractivity contribution is 5.95. The van der Waals surface area contributed by atoms with E-state index in [9.17, 15) is 4.79 Å². The molecule has 6 nitrogen and oxygen atoms in total. The second-order valence-electron chi connectivity index (χ2n) is 10.0. The Morgan fingerprint density at radius 2 is 1.84 bits per heavy atom. The molecule has 0 aliphatic carbocycles. The zero-order valence-corrected chi connectivity index (χ0v) is 18.8. The summed E-state index contributed by atoms with van der Waals surface area (Å²) in [5.41, 5.74) is 3.59. The maximum absolute atomic E-state index is 13.4. The van der Waals surface area contributed by atoms with Crippen molar-refractivity contribution < 1.29 is 9.21 Å². The molecule has 2 saturated heterocycles. The number of nitrogens with zero attached hydrogens (tertiary/aromatic N) is 4. The topological polar surface area (TPSA) is 62.5 Å². The molecular formula is C25H30N4O2. The van der Waals surface area contributed by atoms with Gasteiger partial charge in [-0.2, -0.15) is 0 Å². The van der Waals surface area contributed by atoms with Gasteiger partial charge in [0.25, 0.3) is 5.91 Å². The number of carbonyl (C=O) groups excluding carboxylic acids is 1. The van der Waals surface area contributed by atoms with Crippen LogP contribution in [0.3, 0.4) is 0 Å². The number of benzene rings is 1.